The number of rotatable bonds is 4. The lowest BCUT2D eigenvalue weighted by Crippen LogP contribution is -2.00. The molecule has 3 heterocycles. The number of hydrogen-bond acceptors (Lipinski definition) is 5. The molecule has 0 bridgehead atoms. The van der Waals surface area contributed by atoms with Gasteiger partial charge in [0.15, 0.2) is 17.5 Å². The van der Waals surface area contributed by atoms with Crippen molar-refractivity contribution >= 4 is 75.8 Å². The molecule has 49 heavy (non-hydrogen) atoms. The molecule has 7 aromatic carbocycles. The first-order valence-electron chi connectivity index (χ1n) is 16.0. The lowest BCUT2D eigenvalue weighted by atomic mass is 10.00. The van der Waals surface area contributed by atoms with Crippen molar-refractivity contribution < 1.29 is 4.42 Å². The zero-order valence-electron chi connectivity index (χ0n) is 25.9. The minimum absolute atomic E-state index is 0.578. The van der Waals surface area contributed by atoms with Crippen molar-refractivity contribution in [2.24, 2.45) is 0 Å². The van der Waals surface area contributed by atoms with E-state index in [2.05, 4.69) is 103 Å². The van der Waals surface area contributed by atoms with Gasteiger partial charge in [-0.1, -0.05) is 109 Å². The third kappa shape index (κ3) is 4.70. The van der Waals surface area contributed by atoms with Crippen LogP contribution in [0.3, 0.4) is 0 Å². The molecule has 0 aliphatic rings. The van der Waals surface area contributed by atoms with E-state index in [9.17, 15) is 0 Å². The number of furan rings is 1. The van der Waals surface area contributed by atoms with Crippen LogP contribution in [-0.2, 0) is 0 Å². The molecule has 0 fully saturated rings. The Hall–Kier alpha value is -5.88. The van der Waals surface area contributed by atoms with Crippen LogP contribution in [0.4, 0.5) is 0 Å². The molecular weight excluding hydrogens is 642 g/mol. The second-order valence-electron chi connectivity index (χ2n) is 12.1. The number of halogens is 1. The zero-order chi connectivity index (χ0) is 32.5. The van der Waals surface area contributed by atoms with Gasteiger partial charge in [0.25, 0.3) is 0 Å². The molecule has 6 heteroatoms. The zero-order valence-corrected chi connectivity index (χ0v) is 27.5. The monoisotopic (exact) mass is 665 g/mol. The molecule has 0 amide bonds. The average molecular weight is 666 g/mol. The molecule has 4 nitrogen and oxygen atoms in total. The predicted molar refractivity (Wildman–Crippen MR) is 204 cm³/mol. The van der Waals surface area contributed by atoms with Gasteiger partial charge in [-0.15, -0.1) is 11.3 Å². The Kier molecular flexibility index (Phi) is 6.38. The highest BCUT2D eigenvalue weighted by Gasteiger charge is 2.20. The standard InChI is InChI=1S/C43H24ClN3OS/c44-30-20-17-27-18-21-36-40(33(27)24-30)39-32(10-6-11-35(39)48-36)43-46-41(28-15-13-26(14-16-28)25-7-2-1-3-8-25)45-42(47-43)29-19-22-38-34(23-29)31-9-4-5-12-37(31)49-38/h1-24H. The lowest BCUT2D eigenvalue weighted by molar-refractivity contribution is 0.669. The van der Waals surface area contributed by atoms with Gasteiger partial charge in [-0.25, -0.2) is 15.0 Å². The van der Waals surface area contributed by atoms with Gasteiger partial charge in [0.2, 0.25) is 0 Å². The number of thiophene rings is 1. The van der Waals surface area contributed by atoms with E-state index >= 15 is 0 Å². The third-order valence-corrected chi connectivity index (χ3v) is 10.6. The Bertz CT molecular complexity index is 2890. The van der Waals surface area contributed by atoms with Crippen molar-refractivity contribution in [1.82, 2.24) is 15.0 Å². The second-order valence-corrected chi connectivity index (χ2v) is 13.7. The largest absolute Gasteiger partial charge is 0.456 e. The van der Waals surface area contributed by atoms with E-state index in [1.807, 2.05) is 42.5 Å². The third-order valence-electron chi connectivity index (χ3n) is 9.20. The second kappa shape index (κ2) is 11.1. The Morgan fingerprint density at radius 1 is 0.449 bits per heavy atom. The summed E-state index contributed by atoms with van der Waals surface area (Å²) in [7, 11) is 0. The number of hydrogen-bond donors (Lipinski definition) is 0. The van der Waals surface area contributed by atoms with Crippen molar-refractivity contribution in [3.63, 3.8) is 0 Å². The smallest absolute Gasteiger partial charge is 0.164 e. The van der Waals surface area contributed by atoms with E-state index in [1.165, 1.54) is 20.2 Å². The van der Waals surface area contributed by atoms with Crippen molar-refractivity contribution in [1.29, 1.82) is 0 Å². The van der Waals surface area contributed by atoms with Gasteiger partial charge in [0.1, 0.15) is 11.2 Å². The minimum Gasteiger partial charge on any atom is -0.456 e. The number of aromatic nitrogens is 3. The maximum absolute atomic E-state index is 6.53. The van der Waals surface area contributed by atoms with Crippen molar-refractivity contribution in [3.05, 3.63) is 151 Å². The summed E-state index contributed by atoms with van der Waals surface area (Å²) in [5.41, 5.74) is 6.56. The van der Waals surface area contributed by atoms with Crippen LogP contribution in [0.2, 0.25) is 5.02 Å². The van der Waals surface area contributed by atoms with E-state index in [4.69, 9.17) is 31.0 Å². The van der Waals surface area contributed by atoms with Crippen LogP contribution in [-0.4, -0.2) is 15.0 Å². The summed E-state index contributed by atoms with van der Waals surface area (Å²) in [6.07, 6.45) is 0. The maximum Gasteiger partial charge on any atom is 0.164 e. The summed E-state index contributed by atoms with van der Waals surface area (Å²) >= 11 is 8.33. The molecule has 0 radical (unpaired) electrons. The summed E-state index contributed by atoms with van der Waals surface area (Å²) in [5.74, 6) is 1.80. The summed E-state index contributed by atoms with van der Waals surface area (Å²) in [6.45, 7) is 0. The molecule has 0 unspecified atom stereocenters. The van der Waals surface area contributed by atoms with Gasteiger partial charge in [-0.05, 0) is 70.4 Å². The Morgan fingerprint density at radius 2 is 1.12 bits per heavy atom. The van der Waals surface area contributed by atoms with Crippen LogP contribution in [0.15, 0.2) is 150 Å². The van der Waals surface area contributed by atoms with Crippen LogP contribution in [0.1, 0.15) is 0 Å². The molecule has 0 N–H and O–H groups in total. The Morgan fingerprint density at radius 3 is 2.00 bits per heavy atom. The van der Waals surface area contributed by atoms with Gasteiger partial charge in [-0.2, -0.15) is 0 Å². The van der Waals surface area contributed by atoms with Crippen molar-refractivity contribution in [3.8, 4) is 45.3 Å². The number of fused-ring (bicyclic) bond motifs is 8. The molecule has 10 rings (SSSR count). The van der Waals surface area contributed by atoms with Crippen LogP contribution in [0.5, 0.6) is 0 Å². The summed E-state index contributed by atoms with van der Waals surface area (Å²) in [5, 5.41) is 7.15. The average Bonchev–Trinajstić information content (AvgIpc) is 3.73. The molecule has 0 saturated carbocycles. The molecule has 0 aliphatic carbocycles. The van der Waals surface area contributed by atoms with E-state index < -0.39 is 0 Å². The van der Waals surface area contributed by atoms with Crippen LogP contribution < -0.4 is 0 Å². The molecule has 0 spiro atoms. The van der Waals surface area contributed by atoms with Crippen molar-refractivity contribution in [2.75, 3.05) is 0 Å². The van der Waals surface area contributed by atoms with Gasteiger partial charge in [-0.3, -0.25) is 0 Å². The van der Waals surface area contributed by atoms with Gasteiger partial charge in [0, 0.05) is 52.7 Å². The molecule has 3 aromatic heterocycles. The topological polar surface area (TPSA) is 51.8 Å². The fourth-order valence-corrected chi connectivity index (χ4v) is 8.11. The highest BCUT2D eigenvalue weighted by molar-refractivity contribution is 7.25. The molecule has 0 aliphatic heterocycles. The molecule has 230 valence electrons. The fourth-order valence-electron chi connectivity index (χ4n) is 6.86. The summed E-state index contributed by atoms with van der Waals surface area (Å²) in [4.78, 5) is 15.4. The van der Waals surface area contributed by atoms with E-state index in [1.54, 1.807) is 11.3 Å². The van der Waals surface area contributed by atoms with Gasteiger partial charge in [0.05, 0.1) is 0 Å². The molecule has 0 saturated heterocycles. The predicted octanol–water partition coefficient (Wildman–Crippen LogP) is 12.6. The first-order chi connectivity index (χ1) is 24.2. The first-order valence-corrected chi connectivity index (χ1v) is 17.2. The molecule has 10 aromatic rings. The number of nitrogens with zero attached hydrogens (tertiary/aromatic N) is 3. The summed E-state index contributed by atoms with van der Waals surface area (Å²) in [6, 6.07) is 49.9. The molecular formula is C43H24ClN3OS. The SMILES string of the molecule is Clc1ccc2ccc3oc4cccc(-c5nc(-c6ccc(-c7ccccc7)cc6)nc(-c6ccc7sc8ccccc8c7c6)n5)c4c3c2c1. The first kappa shape index (κ1) is 28.2. The van der Waals surface area contributed by atoms with E-state index in [-0.39, 0.29) is 0 Å². The highest BCUT2D eigenvalue weighted by atomic mass is 35.5. The normalized spacial score (nSPS) is 11.8. The Balaban J connectivity index is 1.22. The minimum atomic E-state index is 0.578. The van der Waals surface area contributed by atoms with Gasteiger partial charge >= 0.3 is 0 Å². The maximum atomic E-state index is 6.53. The lowest BCUT2D eigenvalue weighted by Gasteiger charge is -2.10. The van der Waals surface area contributed by atoms with Crippen LogP contribution >= 0.6 is 22.9 Å². The Labute approximate surface area is 289 Å². The van der Waals surface area contributed by atoms with E-state index in [0.29, 0.717) is 22.5 Å². The van der Waals surface area contributed by atoms with Crippen LogP contribution in [0, 0.1) is 0 Å². The summed E-state index contributed by atoms with van der Waals surface area (Å²) < 4.78 is 8.91. The highest BCUT2D eigenvalue weighted by Crippen LogP contribution is 2.41. The van der Waals surface area contributed by atoms with Crippen molar-refractivity contribution in [2.45, 2.75) is 0 Å². The fraction of sp³-hybridized carbons (Fsp3) is 0. The van der Waals surface area contributed by atoms with Gasteiger partial charge < -0.3 is 4.42 Å². The number of benzene rings is 7. The quantitative estimate of drug-likeness (QED) is 0.188. The van der Waals surface area contributed by atoms with Crippen LogP contribution in [0.25, 0.3) is 98.2 Å². The van der Waals surface area contributed by atoms with E-state index in [0.717, 1.165) is 60.5 Å². The molecule has 0 atom stereocenters.